The molecular formula is C20H24N4O. The van der Waals surface area contributed by atoms with Gasteiger partial charge in [-0.3, -0.25) is 4.79 Å². The smallest absolute Gasteiger partial charge is 0.256 e. The number of carbonyl (C=O) groups excluding carboxylic acids is 1. The number of allylic oxidation sites excluding steroid dienone is 1. The number of nitrogens with one attached hydrogen (secondary N) is 2. The van der Waals surface area contributed by atoms with Gasteiger partial charge < -0.3 is 10.6 Å². The van der Waals surface area contributed by atoms with Gasteiger partial charge in [-0.25, -0.2) is 0 Å². The number of rotatable bonds is 6. The summed E-state index contributed by atoms with van der Waals surface area (Å²) in [5.41, 5.74) is 3.26. The van der Waals surface area contributed by atoms with E-state index in [1.54, 1.807) is 18.2 Å². The predicted octanol–water partition coefficient (Wildman–Crippen LogP) is 4.34. The fourth-order valence-electron chi connectivity index (χ4n) is 2.87. The van der Waals surface area contributed by atoms with E-state index in [1.807, 2.05) is 25.1 Å². The van der Waals surface area contributed by atoms with Crippen LogP contribution in [0.1, 0.15) is 48.0 Å². The first-order chi connectivity index (χ1) is 12.2. The average Bonchev–Trinajstić information content (AvgIpc) is 2.64. The van der Waals surface area contributed by atoms with E-state index in [9.17, 15) is 4.79 Å². The van der Waals surface area contributed by atoms with Crippen molar-refractivity contribution in [1.82, 2.24) is 10.2 Å². The van der Waals surface area contributed by atoms with Crippen molar-refractivity contribution in [3.05, 3.63) is 59.2 Å². The zero-order valence-electron chi connectivity index (χ0n) is 14.6. The first-order valence-electron chi connectivity index (χ1n) is 8.84. The fourth-order valence-corrected chi connectivity index (χ4v) is 2.87. The zero-order chi connectivity index (χ0) is 17.5. The van der Waals surface area contributed by atoms with Crippen LogP contribution in [0.15, 0.2) is 48.0 Å². The minimum atomic E-state index is -0.181. The van der Waals surface area contributed by atoms with Gasteiger partial charge in [0.2, 0.25) is 0 Å². The quantitative estimate of drug-likeness (QED) is 0.770. The van der Waals surface area contributed by atoms with Gasteiger partial charge in [0.15, 0.2) is 5.82 Å². The van der Waals surface area contributed by atoms with Gasteiger partial charge in [0, 0.05) is 12.1 Å². The highest BCUT2D eigenvalue weighted by molar-refractivity contribution is 6.03. The maximum absolute atomic E-state index is 12.2. The number of amides is 1. The topological polar surface area (TPSA) is 66.9 Å². The third-order valence-electron chi connectivity index (χ3n) is 4.36. The SMILES string of the molecule is Cc1ccc(C(=O)Nc2ccc(NCCC3=CCCCC3)nn2)cc1. The minimum absolute atomic E-state index is 0.181. The Morgan fingerprint density at radius 2 is 1.80 bits per heavy atom. The van der Waals surface area contributed by atoms with Crippen LogP contribution in [0.4, 0.5) is 11.6 Å². The third kappa shape index (κ3) is 5.14. The Balaban J connectivity index is 1.49. The summed E-state index contributed by atoms with van der Waals surface area (Å²) in [7, 11) is 0. The Labute approximate surface area is 148 Å². The lowest BCUT2D eigenvalue weighted by Gasteiger charge is -2.13. The number of nitrogens with zero attached hydrogens (tertiary/aromatic N) is 2. The molecule has 5 heteroatoms. The molecule has 1 heterocycles. The monoisotopic (exact) mass is 336 g/mol. The van der Waals surface area contributed by atoms with Crippen LogP contribution in [-0.2, 0) is 0 Å². The van der Waals surface area contributed by atoms with Gasteiger partial charge in [0.05, 0.1) is 0 Å². The van der Waals surface area contributed by atoms with Gasteiger partial charge in [-0.05, 0) is 63.3 Å². The molecule has 5 nitrogen and oxygen atoms in total. The molecule has 25 heavy (non-hydrogen) atoms. The normalized spacial score (nSPS) is 13.9. The molecule has 1 aliphatic rings. The molecule has 0 bridgehead atoms. The molecule has 0 aliphatic heterocycles. The molecule has 1 aromatic heterocycles. The number of carbonyl (C=O) groups is 1. The van der Waals surface area contributed by atoms with Crippen LogP contribution >= 0.6 is 0 Å². The van der Waals surface area contributed by atoms with Crippen molar-refractivity contribution in [2.45, 2.75) is 39.0 Å². The van der Waals surface area contributed by atoms with Crippen molar-refractivity contribution in [2.75, 3.05) is 17.2 Å². The highest BCUT2D eigenvalue weighted by Gasteiger charge is 2.07. The summed E-state index contributed by atoms with van der Waals surface area (Å²) in [6.07, 6.45) is 8.47. The van der Waals surface area contributed by atoms with E-state index in [1.165, 1.54) is 31.3 Å². The van der Waals surface area contributed by atoms with Crippen LogP contribution in [0.25, 0.3) is 0 Å². The second kappa shape index (κ2) is 8.42. The summed E-state index contributed by atoms with van der Waals surface area (Å²) in [6, 6.07) is 11.0. The molecule has 3 rings (SSSR count). The Hall–Kier alpha value is -2.69. The van der Waals surface area contributed by atoms with E-state index in [4.69, 9.17) is 0 Å². The van der Waals surface area contributed by atoms with E-state index >= 15 is 0 Å². The number of hydrogen-bond acceptors (Lipinski definition) is 4. The summed E-state index contributed by atoms with van der Waals surface area (Å²) in [4.78, 5) is 12.2. The summed E-state index contributed by atoms with van der Waals surface area (Å²) < 4.78 is 0. The molecule has 1 aliphatic carbocycles. The Bertz CT molecular complexity index is 735. The number of aryl methyl sites for hydroxylation is 1. The van der Waals surface area contributed by atoms with Crippen LogP contribution in [0, 0.1) is 6.92 Å². The second-order valence-corrected chi connectivity index (χ2v) is 6.41. The Morgan fingerprint density at radius 1 is 1.04 bits per heavy atom. The van der Waals surface area contributed by atoms with Crippen LogP contribution in [0.5, 0.6) is 0 Å². The number of anilines is 2. The highest BCUT2D eigenvalue weighted by atomic mass is 16.1. The minimum Gasteiger partial charge on any atom is -0.368 e. The van der Waals surface area contributed by atoms with Crippen LogP contribution in [0.2, 0.25) is 0 Å². The lowest BCUT2D eigenvalue weighted by molar-refractivity contribution is 0.102. The van der Waals surface area contributed by atoms with Gasteiger partial charge in [0.1, 0.15) is 5.82 Å². The van der Waals surface area contributed by atoms with E-state index in [2.05, 4.69) is 26.9 Å². The third-order valence-corrected chi connectivity index (χ3v) is 4.36. The van der Waals surface area contributed by atoms with Gasteiger partial charge in [0.25, 0.3) is 5.91 Å². The molecule has 130 valence electrons. The molecule has 0 saturated heterocycles. The maximum atomic E-state index is 12.2. The van der Waals surface area contributed by atoms with E-state index < -0.39 is 0 Å². The van der Waals surface area contributed by atoms with Crippen LogP contribution < -0.4 is 10.6 Å². The highest BCUT2D eigenvalue weighted by Crippen LogP contribution is 2.20. The molecule has 0 saturated carbocycles. The standard InChI is InChI=1S/C20H24N4O/c1-15-7-9-17(10-8-15)20(25)22-19-12-11-18(23-24-19)21-14-13-16-5-3-2-4-6-16/h5,7-12H,2-4,6,13-14H2,1H3,(H,21,23)(H,22,24,25). The fraction of sp³-hybridized carbons (Fsp3) is 0.350. The van der Waals surface area contributed by atoms with E-state index in [0.717, 1.165) is 24.3 Å². The Morgan fingerprint density at radius 3 is 2.48 bits per heavy atom. The first kappa shape index (κ1) is 17.1. The van der Waals surface area contributed by atoms with E-state index in [0.29, 0.717) is 11.4 Å². The average molecular weight is 336 g/mol. The molecule has 0 unspecified atom stereocenters. The number of benzene rings is 1. The predicted molar refractivity (Wildman–Crippen MR) is 101 cm³/mol. The molecule has 2 aromatic rings. The number of aromatic nitrogens is 2. The Kier molecular flexibility index (Phi) is 5.77. The summed E-state index contributed by atoms with van der Waals surface area (Å²) in [5, 5.41) is 14.2. The molecular weight excluding hydrogens is 312 g/mol. The van der Waals surface area contributed by atoms with Crippen molar-refractivity contribution in [2.24, 2.45) is 0 Å². The van der Waals surface area contributed by atoms with Gasteiger partial charge in [-0.15, -0.1) is 10.2 Å². The van der Waals surface area contributed by atoms with Gasteiger partial charge in [-0.2, -0.15) is 0 Å². The largest absolute Gasteiger partial charge is 0.368 e. The van der Waals surface area contributed by atoms with E-state index in [-0.39, 0.29) is 5.91 Å². The van der Waals surface area contributed by atoms with Crippen LogP contribution in [0.3, 0.4) is 0 Å². The van der Waals surface area contributed by atoms with Crippen molar-refractivity contribution < 1.29 is 4.79 Å². The molecule has 1 amide bonds. The van der Waals surface area contributed by atoms with Gasteiger partial charge >= 0.3 is 0 Å². The molecule has 0 atom stereocenters. The maximum Gasteiger partial charge on any atom is 0.256 e. The molecule has 0 spiro atoms. The summed E-state index contributed by atoms with van der Waals surface area (Å²) in [6.45, 7) is 2.85. The van der Waals surface area contributed by atoms with Crippen molar-refractivity contribution in [1.29, 1.82) is 0 Å². The molecule has 0 radical (unpaired) electrons. The number of hydrogen-bond donors (Lipinski definition) is 2. The molecule has 2 N–H and O–H groups in total. The van der Waals surface area contributed by atoms with Crippen molar-refractivity contribution in [3.63, 3.8) is 0 Å². The summed E-state index contributed by atoms with van der Waals surface area (Å²) >= 11 is 0. The lowest BCUT2D eigenvalue weighted by Crippen LogP contribution is -2.14. The first-order valence-corrected chi connectivity index (χ1v) is 8.84. The second-order valence-electron chi connectivity index (χ2n) is 6.41. The zero-order valence-corrected chi connectivity index (χ0v) is 14.6. The van der Waals surface area contributed by atoms with Crippen molar-refractivity contribution in [3.8, 4) is 0 Å². The van der Waals surface area contributed by atoms with Crippen molar-refractivity contribution >= 4 is 17.5 Å². The summed E-state index contributed by atoms with van der Waals surface area (Å²) in [5.74, 6) is 0.995. The lowest BCUT2D eigenvalue weighted by atomic mass is 9.97. The molecule has 0 fully saturated rings. The van der Waals surface area contributed by atoms with Crippen LogP contribution in [-0.4, -0.2) is 22.6 Å². The molecule has 1 aromatic carbocycles. The van der Waals surface area contributed by atoms with Gasteiger partial charge in [-0.1, -0.05) is 29.3 Å².